The number of guanidine groups is 1. The molecule has 2 N–H and O–H groups in total. The monoisotopic (exact) mass is 457 g/mol. The van der Waals surface area contributed by atoms with E-state index in [1.165, 1.54) is 12.1 Å². The van der Waals surface area contributed by atoms with E-state index >= 15 is 0 Å². The van der Waals surface area contributed by atoms with Crippen molar-refractivity contribution < 1.29 is 17.9 Å². The van der Waals surface area contributed by atoms with E-state index in [2.05, 4.69) is 22.5 Å². The lowest BCUT2D eigenvalue weighted by atomic mass is 9.89. The van der Waals surface area contributed by atoms with Crippen LogP contribution in [0.4, 0.5) is 13.2 Å². The van der Waals surface area contributed by atoms with Crippen LogP contribution < -0.4 is 10.6 Å². The maximum atomic E-state index is 12.5. The Morgan fingerprint density at radius 1 is 1.21 bits per heavy atom. The van der Waals surface area contributed by atoms with Crippen LogP contribution in [-0.4, -0.2) is 32.3 Å². The molecule has 1 saturated heterocycles. The summed E-state index contributed by atoms with van der Waals surface area (Å²) in [6.07, 6.45) is -4.31. The van der Waals surface area contributed by atoms with Gasteiger partial charge in [-0.2, -0.15) is 13.2 Å². The Morgan fingerprint density at radius 3 is 2.29 bits per heavy atom. The quantitative estimate of drug-likeness (QED) is 0.405. The average molecular weight is 457 g/mol. The molecule has 0 amide bonds. The van der Waals surface area contributed by atoms with Crippen molar-refractivity contribution >= 4 is 29.9 Å². The van der Waals surface area contributed by atoms with E-state index in [0.29, 0.717) is 19.0 Å². The van der Waals surface area contributed by atoms with E-state index < -0.39 is 11.7 Å². The third kappa shape index (κ3) is 6.12. The van der Waals surface area contributed by atoms with E-state index in [-0.39, 0.29) is 29.4 Å². The van der Waals surface area contributed by atoms with Crippen LogP contribution in [0, 0.1) is 5.41 Å². The number of hydrogen-bond acceptors (Lipinski definition) is 2. The largest absolute Gasteiger partial charge is 0.416 e. The summed E-state index contributed by atoms with van der Waals surface area (Å²) in [4.78, 5) is 4.41. The molecule has 8 heteroatoms. The molecular weight excluding hydrogens is 434 g/mol. The molecule has 0 unspecified atom stereocenters. The second kappa shape index (κ2) is 8.89. The average Bonchev–Trinajstić information content (AvgIpc) is 2.47. The first-order chi connectivity index (χ1) is 10.8. The summed E-state index contributed by atoms with van der Waals surface area (Å²) in [5.74, 6) is 0.653. The fourth-order valence-corrected chi connectivity index (χ4v) is 2.16. The molecule has 1 aromatic rings. The van der Waals surface area contributed by atoms with Crippen molar-refractivity contribution in [2.75, 3.05) is 26.3 Å². The zero-order valence-corrected chi connectivity index (χ0v) is 16.1. The molecule has 1 aromatic carbocycles. The fraction of sp³-hybridized carbons (Fsp3) is 0.562. The molecule has 0 radical (unpaired) electrons. The maximum absolute atomic E-state index is 12.5. The molecule has 0 aromatic heterocycles. The van der Waals surface area contributed by atoms with Crippen LogP contribution in [0.15, 0.2) is 29.3 Å². The van der Waals surface area contributed by atoms with Gasteiger partial charge in [-0.25, -0.2) is 4.99 Å². The van der Waals surface area contributed by atoms with Crippen LogP contribution >= 0.6 is 24.0 Å². The minimum Gasteiger partial charge on any atom is -0.380 e. The molecule has 0 aliphatic carbocycles. The maximum Gasteiger partial charge on any atom is 0.416 e. The number of hydrogen-bond donors (Lipinski definition) is 2. The molecule has 0 spiro atoms. The van der Waals surface area contributed by atoms with Gasteiger partial charge < -0.3 is 15.4 Å². The summed E-state index contributed by atoms with van der Waals surface area (Å²) < 4.78 is 42.8. The molecule has 4 nitrogen and oxygen atoms in total. The van der Waals surface area contributed by atoms with Gasteiger partial charge in [0.2, 0.25) is 0 Å². The third-order valence-corrected chi connectivity index (χ3v) is 3.63. The van der Waals surface area contributed by atoms with Crippen LogP contribution in [0.3, 0.4) is 0 Å². The number of aliphatic imine (C=N–C) groups is 1. The number of rotatable bonds is 5. The second-order valence-electron chi connectivity index (χ2n) is 6.05. The smallest absolute Gasteiger partial charge is 0.380 e. The lowest BCUT2D eigenvalue weighted by Gasteiger charge is -2.38. The van der Waals surface area contributed by atoms with Crippen molar-refractivity contribution in [3.8, 4) is 0 Å². The van der Waals surface area contributed by atoms with Gasteiger partial charge in [-0.05, 0) is 24.6 Å². The number of ether oxygens (including phenoxy) is 1. The lowest BCUT2D eigenvalue weighted by molar-refractivity contribution is -0.137. The molecule has 0 saturated carbocycles. The molecule has 1 aliphatic rings. The first kappa shape index (κ1) is 21.0. The van der Waals surface area contributed by atoms with Crippen molar-refractivity contribution in [3.63, 3.8) is 0 Å². The number of nitrogens with zero attached hydrogens (tertiary/aromatic N) is 1. The summed E-state index contributed by atoms with van der Waals surface area (Å²) in [7, 11) is 0. The van der Waals surface area contributed by atoms with Crippen molar-refractivity contribution in [2.45, 2.75) is 26.6 Å². The Bertz CT molecular complexity index is 542. The number of halogens is 4. The minimum atomic E-state index is -4.31. The Morgan fingerprint density at radius 2 is 1.83 bits per heavy atom. The highest BCUT2D eigenvalue weighted by Crippen LogP contribution is 2.29. The molecule has 1 fully saturated rings. The van der Waals surface area contributed by atoms with Gasteiger partial charge in [0.05, 0.1) is 25.3 Å². The standard InChI is InChI=1S/C16H22F3N3O.HI/c1-3-20-14(22-9-15(2)10-23-11-15)21-8-12-4-6-13(7-5-12)16(17,18)19;/h4-7H,3,8-11H2,1-2H3,(H2,20,21,22);1H. The number of benzene rings is 1. The van der Waals surface area contributed by atoms with Crippen LogP contribution in [-0.2, 0) is 17.5 Å². The fourth-order valence-electron chi connectivity index (χ4n) is 2.16. The third-order valence-electron chi connectivity index (χ3n) is 3.63. The number of alkyl halides is 3. The predicted octanol–water partition coefficient (Wildman–Crippen LogP) is 3.42. The first-order valence-corrected chi connectivity index (χ1v) is 7.58. The number of nitrogens with one attached hydrogen (secondary N) is 2. The Labute approximate surface area is 157 Å². The van der Waals surface area contributed by atoms with E-state index in [0.717, 1.165) is 37.5 Å². The van der Waals surface area contributed by atoms with Crippen molar-refractivity contribution in [2.24, 2.45) is 10.4 Å². The van der Waals surface area contributed by atoms with Gasteiger partial charge in [-0.1, -0.05) is 19.1 Å². The summed E-state index contributed by atoms with van der Waals surface area (Å²) in [5.41, 5.74) is 0.200. The molecule has 136 valence electrons. The zero-order chi connectivity index (χ0) is 16.9. The van der Waals surface area contributed by atoms with E-state index in [4.69, 9.17) is 4.74 Å². The highest BCUT2D eigenvalue weighted by atomic mass is 127. The molecule has 0 atom stereocenters. The highest BCUT2D eigenvalue weighted by Gasteiger charge is 2.33. The summed E-state index contributed by atoms with van der Waals surface area (Å²) in [5, 5.41) is 6.38. The first-order valence-electron chi connectivity index (χ1n) is 7.58. The normalized spacial score (nSPS) is 16.8. The lowest BCUT2D eigenvalue weighted by Crippen LogP contribution is -2.51. The van der Waals surface area contributed by atoms with Crippen molar-refractivity contribution in [1.82, 2.24) is 10.6 Å². The van der Waals surface area contributed by atoms with Gasteiger partial charge in [0, 0.05) is 18.5 Å². The molecular formula is C16H23F3IN3O. The SMILES string of the molecule is CCNC(=NCc1ccc(C(F)(F)F)cc1)NCC1(C)COC1.I. The summed E-state index contributed by atoms with van der Waals surface area (Å²) >= 11 is 0. The van der Waals surface area contributed by atoms with Crippen LogP contribution in [0.25, 0.3) is 0 Å². The molecule has 1 heterocycles. The van der Waals surface area contributed by atoms with Crippen LogP contribution in [0.2, 0.25) is 0 Å². The van der Waals surface area contributed by atoms with E-state index in [1.54, 1.807) is 0 Å². The summed E-state index contributed by atoms with van der Waals surface area (Å²) in [6, 6.07) is 5.07. The van der Waals surface area contributed by atoms with Gasteiger partial charge in [-0.15, -0.1) is 24.0 Å². The van der Waals surface area contributed by atoms with Crippen LogP contribution in [0.1, 0.15) is 25.0 Å². The predicted molar refractivity (Wildman–Crippen MR) is 98.6 cm³/mol. The highest BCUT2D eigenvalue weighted by molar-refractivity contribution is 14.0. The van der Waals surface area contributed by atoms with Crippen LogP contribution in [0.5, 0.6) is 0 Å². The van der Waals surface area contributed by atoms with Gasteiger partial charge in [0.15, 0.2) is 5.96 Å². The molecule has 0 bridgehead atoms. The Kier molecular flexibility index (Phi) is 7.78. The van der Waals surface area contributed by atoms with Gasteiger partial charge in [0.1, 0.15) is 0 Å². The minimum absolute atomic E-state index is 0. The second-order valence-corrected chi connectivity index (χ2v) is 6.05. The van der Waals surface area contributed by atoms with E-state index in [9.17, 15) is 13.2 Å². The molecule has 2 rings (SSSR count). The van der Waals surface area contributed by atoms with Crippen molar-refractivity contribution in [3.05, 3.63) is 35.4 Å². The molecule has 1 aliphatic heterocycles. The van der Waals surface area contributed by atoms with Gasteiger partial charge in [-0.3, -0.25) is 0 Å². The Hall–Kier alpha value is -1.03. The summed E-state index contributed by atoms with van der Waals surface area (Å²) in [6.45, 7) is 7.31. The van der Waals surface area contributed by atoms with E-state index in [1.807, 2.05) is 6.92 Å². The zero-order valence-electron chi connectivity index (χ0n) is 13.7. The van der Waals surface area contributed by atoms with Gasteiger partial charge >= 0.3 is 6.18 Å². The molecule has 24 heavy (non-hydrogen) atoms. The van der Waals surface area contributed by atoms with Crippen molar-refractivity contribution in [1.29, 1.82) is 0 Å². The topological polar surface area (TPSA) is 45.7 Å². The Balaban J connectivity index is 0.00000288. The van der Waals surface area contributed by atoms with Gasteiger partial charge in [0.25, 0.3) is 0 Å².